The molecule has 4 bridgehead atoms. The Morgan fingerprint density at radius 3 is 2.08 bits per heavy atom. The van der Waals surface area contributed by atoms with Crippen LogP contribution in [0.25, 0.3) is 11.1 Å². The molecule has 0 unspecified atom stereocenters. The van der Waals surface area contributed by atoms with Crippen LogP contribution in [0, 0.1) is 23.2 Å². The van der Waals surface area contributed by atoms with Crippen LogP contribution in [0.1, 0.15) is 128 Å². The van der Waals surface area contributed by atoms with E-state index in [1.165, 1.54) is 51.0 Å². The molecule has 2 amide bonds. The number of carbonyl (C=O) groups excluding carboxylic acids is 5. The predicted molar refractivity (Wildman–Crippen MR) is 227 cm³/mol. The number of fused-ring (bicyclic) bond motifs is 5. The number of nitrogens with zero attached hydrogens (tertiary/aromatic N) is 2. The lowest BCUT2D eigenvalue weighted by Crippen LogP contribution is -2.46. The molecule has 3 rings (SSSR count). The number of hydrogen-bond acceptors (Lipinski definition) is 11. The average Bonchev–Trinajstić information content (AvgIpc) is 3.22. The van der Waals surface area contributed by atoms with E-state index in [0.29, 0.717) is 46.6 Å². The van der Waals surface area contributed by atoms with Gasteiger partial charge in [-0.1, -0.05) is 77.3 Å². The summed E-state index contributed by atoms with van der Waals surface area (Å²) in [5.74, 6) is -3.18. The number of aliphatic hydroxyl groups excluding tert-OH is 1. The number of Topliss-reactive ketones (excluding diaryl/α,β-unsaturated/α-hetero) is 3. The second kappa shape index (κ2) is 25.8. The summed E-state index contributed by atoms with van der Waals surface area (Å²) in [6.07, 6.45) is 8.59. The third-order valence-electron chi connectivity index (χ3n) is 10.9. The van der Waals surface area contributed by atoms with Crippen LogP contribution in [0.2, 0.25) is 0 Å². The SMILES string of the molecule is CCCCCCCCCCCC(=O)C[C@H](C(=O)N(C)[C@@H]1C(=O)C[C@@H](C)C(=O)N[C@H](C(=O)CCC#N)Cc2ccc(OCCN)c(c2)-c2cc1ccc2OCCN)[C@@H](C)O. The lowest BCUT2D eigenvalue weighted by atomic mass is 9.88. The molecule has 1 aliphatic heterocycles. The Bertz CT molecular complexity index is 1740. The second-order valence-electron chi connectivity index (χ2n) is 15.8. The highest BCUT2D eigenvalue weighted by Gasteiger charge is 2.37. The van der Waals surface area contributed by atoms with Crippen molar-refractivity contribution in [3.05, 3.63) is 47.5 Å². The standard InChI is InChI=1S/C46H67N5O8/c1-5-6-7-8-9-10-11-12-13-15-35(53)30-36(32(3)52)46(57)51(4)44-34-18-20-43(59-25-23-49)38(29-34)37-27-33(17-19-42(37)58-24-22-48)28-39(40(54)16-14-21-47)50-45(56)31(2)26-41(44)55/h17-20,27,29,31-32,36,39,44,52H,5-16,22-26,28,30,48-49H2,1-4H3,(H,50,56)/t31-,32-,36+,39+,44+/m1/s1. The van der Waals surface area contributed by atoms with Gasteiger partial charge in [-0.2, -0.15) is 5.26 Å². The number of rotatable bonds is 24. The highest BCUT2D eigenvalue weighted by Crippen LogP contribution is 2.41. The molecular formula is C46H67N5O8. The van der Waals surface area contributed by atoms with Gasteiger partial charge in [-0.05, 0) is 55.2 Å². The number of likely N-dealkylation sites (N-methyl/N-ethyl adjacent to an activating group) is 1. The Labute approximate surface area is 350 Å². The monoisotopic (exact) mass is 817 g/mol. The molecule has 0 aliphatic carbocycles. The Morgan fingerprint density at radius 2 is 1.49 bits per heavy atom. The first-order valence-corrected chi connectivity index (χ1v) is 21.5. The number of amides is 2. The van der Waals surface area contributed by atoms with Crippen molar-refractivity contribution in [3.8, 4) is 28.7 Å². The molecule has 0 aromatic heterocycles. The van der Waals surface area contributed by atoms with E-state index < -0.39 is 47.6 Å². The molecule has 6 N–H and O–H groups in total. The number of ether oxygens (including phenoxy) is 2. The molecular weight excluding hydrogens is 751 g/mol. The fourth-order valence-corrected chi connectivity index (χ4v) is 7.55. The number of ketones is 3. The first kappa shape index (κ1) is 48.7. The molecule has 5 atom stereocenters. The van der Waals surface area contributed by atoms with E-state index in [9.17, 15) is 34.3 Å². The summed E-state index contributed by atoms with van der Waals surface area (Å²) < 4.78 is 12.2. The lowest BCUT2D eigenvalue weighted by molar-refractivity contribution is -0.146. The first-order valence-electron chi connectivity index (χ1n) is 21.5. The highest BCUT2D eigenvalue weighted by molar-refractivity contribution is 5.96. The Kier molecular flexibility index (Phi) is 21.3. The minimum Gasteiger partial charge on any atom is -0.492 e. The van der Waals surface area contributed by atoms with Gasteiger partial charge in [0, 0.05) is 69.3 Å². The van der Waals surface area contributed by atoms with Gasteiger partial charge in [0.15, 0.2) is 11.6 Å². The summed E-state index contributed by atoms with van der Waals surface area (Å²) in [6.45, 7) is 6.05. The molecule has 0 saturated heterocycles. The van der Waals surface area contributed by atoms with Crippen molar-refractivity contribution >= 4 is 29.2 Å². The largest absolute Gasteiger partial charge is 0.492 e. The van der Waals surface area contributed by atoms with E-state index >= 15 is 0 Å². The van der Waals surface area contributed by atoms with E-state index in [0.717, 1.165) is 19.3 Å². The van der Waals surface area contributed by atoms with Crippen molar-refractivity contribution in [2.75, 3.05) is 33.4 Å². The van der Waals surface area contributed by atoms with E-state index in [1.54, 1.807) is 37.3 Å². The molecule has 324 valence electrons. The molecule has 2 aromatic rings. The molecule has 13 nitrogen and oxygen atoms in total. The van der Waals surface area contributed by atoms with Crippen molar-refractivity contribution in [1.29, 1.82) is 5.26 Å². The van der Waals surface area contributed by atoms with Gasteiger partial charge in [0.1, 0.15) is 36.5 Å². The van der Waals surface area contributed by atoms with Gasteiger partial charge < -0.3 is 36.3 Å². The number of nitrogens with one attached hydrogen (secondary N) is 1. The smallest absolute Gasteiger partial charge is 0.229 e. The van der Waals surface area contributed by atoms with Crippen LogP contribution in [0.4, 0.5) is 0 Å². The van der Waals surface area contributed by atoms with Crippen molar-refractivity contribution in [3.63, 3.8) is 0 Å². The summed E-state index contributed by atoms with van der Waals surface area (Å²) in [5, 5.41) is 22.9. The first-order chi connectivity index (χ1) is 28.4. The summed E-state index contributed by atoms with van der Waals surface area (Å²) in [4.78, 5) is 70.5. The Morgan fingerprint density at radius 1 is 0.898 bits per heavy atom. The maximum atomic E-state index is 14.5. The van der Waals surface area contributed by atoms with Crippen LogP contribution >= 0.6 is 0 Å². The zero-order valence-corrected chi connectivity index (χ0v) is 35.6. The molecule has 0 spiro atoms. The number of unbranched alkanes of at least 4 members (excludes halogenated alkanes) is 8. The van der Waals surface area contributed by atoms with Gasteiger partial charge in [0.25, 0.3) is 0 Å². The van der Waals surface area contributed by atoms with Crippen molar-refractivity contribution in [1.82, 2.24) is 10.2 Å². The summed E-state index contributed by atoms with van der Waals surface area (Å²) in [6, 6.07) is 10.2. The predicted octanol–water partition coefficient (Wildman–Crippen LogP) is 5.91. The average molecular weight is 818 g/mol. The van der Waals surface area contributed by atoms with Crippen molar-refractivity contribution in [2.24, 2.45) is 23.3 Å². The Balaban J connectivity index is 2.06. The molecule has 2 aromatic carbocycles. The molecule has 1 heterocycles. The molecule has 13 heteroatoms. The minimum atomic E-state index is -1.23. The zero-order valence-electron chi connectivity index (χ0n) is 35.6. The summed E-state index contributed by atoms with van der Waals surface area (Å²) in [7, 11) is 1.47. The van der Waals surface area contributed by atoms with Crippen molar-refractivity contribution in [2.45, 2.75) is 135 Å². The van der Waals surface area contributed by atoms with Crippen LogP contribution in [-0.2, 0) is 30.4 Å². The maximum absolute atomic E-state index is 14.5. The van der Waals surface area contributed by atoms with Gasteiger partial charge in [-0.3, -0.25) is 24.0 Å². The fourth-order valence-electron chi connectivity index (χ4n) is 7.55. The van der Waals surface area contributed by atoms with Gasteiger partial charge in [0.05, 0.1) is 24.1 Å². The Hall–Kier alpha value is -4.64. The molecule has 0 radical (unpaired) electrons. The number of nitriles is 1. The van der Waals surface area contributed by atoms with Crippen molar-refractivity contribution < 1.29 is 38.6 Å². The highest BCUT2D eigenvalue weighted by atomic mass is 16.5. The normalized spacial score (nSPS) is 17.8. The van der Waals surface area contributed by atoms with E-state index in [-0.39, 0.29) is 70.0 Å². The van der Waals surface area contributed by atoms with E-state index in [2.05, 4.69) is 12.2 Å². The summed E-state index contributed by atoms with van der Waals surface area (Å²) in [5.41, 5.74) is 13.8. The van der Waals surface area contributed by atoms with Gasteiger partial charge in [-0.25, -0.2) is 0 Å². The third-order valence-corrected chi connectivity index (χ3v) is 10.9. The fraction of sp³-hybridized carbons (Fsp3) is 0.609. The maximum Gasteiger partial charge on any atom is 0.229 e. The van der Waals surface area contributed by atoms with E-state index in [4.69, 9.17) is 20.9 Å². The number of carbonyl (C=O) groups is 5. The summed E-state index contributed by atoms with van der Waals surface area (Å²) >= 11 is 0. The molecule has 59 heavy (non-hydrogen) atoms. The third kappa shape index (κ3) is 15.2. The van der Waals surface area contributed by atoms with Crippen LogP contribution in [0.3, 0.4) is 0 Å². The number of benzene rings is 2. The molecule has 1 aliphatic rings. The quantitative estimate of drug-likeness (QED) is 0.0913. The number of hydrogen-bond donors (Lipinski definition) is 4. The second-order valence-corrected chi connectivity index (χ2v) is 15.8. The van der Waals surface area contributed by atoms with Gasteiger partial charge in [-0.15, -0.1) is 0 Å². The number of nitrogens with two attached hydrogens (primary N) is 2. The van der Waals surface area contributed by atoms with Gasteiger partial charge >= 0.3 is 0 Å². The lowest BCUT2D eigenvalue weighted by Gasteiger charge is -2.33. The molecule has 0 saturated carbocycles. The topological polar surface area (TPSA) is 215 Å². The van der Waals surface area contributed by atoms with Crippen LogP contribution in [0.15, 0.2) is 36.4 Å². The zero-order chi connectivity index (χ0) is 43.3. The number of aliphatic hydroxyl groups is 1. The van der Waals surface area contributed by atoms with Gasteiger partial charge in [0.2, 0.25) is 11.8 Å². The van der Waals surface area contributed by atoms with Crippen LogP contribution in [-0.4, -0.2) is 84.7 Å². The molecule has 0 fully saturated rings. The minimum absolute atomic E-state index is 0.0225. The van der Waals surface area contributed by atoms with Crippen LogP contribution in [0.5, 0.6) is 11.5 Å². The van der Waals surface area contributed by atoms with E-state index in [1.807, 2.05) is 12.1 Å². The van der Waals surface area contributed by atoms with Crippen LogP contribution < -0.4 is 26.3 Å².